The fraction of sp³-hybridized carbons (Fsp3) is 0.167. The van der Waals surface area contributed by atoms with Gasteiger partial charge < -0.3 is 0 Å². The lowest BCUT2D eigenvalue weighted by Gasteiger charge is -2.15. The van der Waals surface area contributed by atoms with Crippen LogP contribution < -0.4 is 11.3 Å². The Kier molecular flexibility index (Phi) is 4.03. The molecule has 17 heavy (non-hydrogen) atoms. The molecule has 0 radical (unpaired) electrons. The Labute approximate surface area is 105 Å². The third-order valence-electron chi connectivity index (χ3n) is 2.46. The van der Waals surface area contributed by atoms with Crippen LogP contribution in [0.25, 0.3) is 0 Å². The average Bonchev–Trinajstić information content (AvgIpc) is 2.38. The lowest BCUT2D eigenvalue weighted by Crippen LogP contribution is -2.30. The van der Waals surface area contributed by atoms with Gasteiger partial charge in [-0.3, -0.25) is 21.2 Å². The molecule has 2 heterocycles. The minimum Gasteiger partial charge on any atom is -0.271 e. The molecule has 3 N–H and O–H groups in total. The molecule has 0 spiro atoms. The number of hydrogen-bond acceptors (Lipinski definition) is 4. The smallest absolute Gasteiger partial charge is 0.0776 e. The molecular formula is C12H13ClN4. The second-order valence-electron chi connectivity index (χ2n) is 3.61. The van der Waals surface area contributed by atoms with Crippen molar-refractivity contribution in [1.82, 2.24) is 15.4 Å². The predicted octanol–water partition coefficient (Wildman–Crippen LogP) is 1.88. The molecule has 0 bridgehead atoms. The number of nitrogens with one attached hydrogen (secondary N) is 1. The minimum atomic E-state index is -0.140. The van der Waals surface area contributed by atoms with Crippen LogP contribution in [0.15, 0.2) is 42.7 Å². The summed E-state index contributed by atoms with van der Waals surface area (Å²) in [4.78, 5) is 8.50. The molecule has 0 aliphatic rings. The maximum atomic E-state index is 6.09. The first-order chi connectivity index (χ1) is 8.31. The van der Waals surface area contributed by atoms with Gasteiger partial charge >= 0.3 is 0 Å². The van der Waals surface area contributed by atoms with E-state index in [4.69, 9.17) is 17.4 Å². The molecule has 4 nitrogen and oxygen atoms in total. The summed E-state index contributed by atoms with van der Waals surface area (Å²) in [7, 11) is 0. The minimum absolute atomic E-state index is 0.140. The SMILES string of the molecule is NNC(Cc1ccccn1)c1ncccc1Cl. The van der Waals surface area contributed by atoms with E-state index in [0.29, 0.717) is 11.4 Å². The van der Waals surface area contributed by atoms with E-state index in [2.05, 4.69) is 15.4 Å². The van der Waals surface area contributed by atoms with Crippen LogP contribution in [-0.4, -0.2) is 9.97 Å². The molecule has 1 unspecified atom stereocenters. The Bertz CT molecular complexity index is 475. The Balaban J connectivity index is 2.21. The summed E-state index contributed by atoms with van der Waals surface area (Å²) in [5.74, 6) is 5.55. The lowest BCUT2D eigenvalue weighted by molar-refractivity contribution is 0.533. The zero-order valence-electron chi connectivity index (χ0n) is 9.18. The molecule has 0 amide bonds. The van der Waals surface area contributed by atoms with Gasteiger partial charge in [0.1, 0.15) is 0 Å². The van der Waals surface area contributed by atoms with E-state index in [0.717, 1.165) is 11.4 Å². The van der Waals surface area contributed by atoms with Crippen molar-refractivity contribution in [2.24, 2.45) is 5.84 Å². The van der Waals surface area contributed by atoms with E-state index in [1.54, 1.807) is 24.5 Å². The third kappa shape index (κ3) is 3.00. The van der Waals surface area contributed by atoms with Crippen molar-refractivity contribution in [3.05, 3.63) is 59.1 Å². The highest BCUT2D eigenvalue weighted by atomic mass is 35.5. The molecule has 5 heteroatoms. The molecule has 2 aromatic heterocycles. The van der Waals surface area contributed by atoms with Gasteiger partial charge in [0.25, 0.3) is 0 Å². The van der Waals surface area contributed by atoms with Crippen LogP contribution in [0, 0.1) is 0 Å². The molecule has 0 aromatic carbocycles. The van der Waals surface area contributed by atoms with Crippen LogP contribution in [0.2, 0.25) is 5.02 Å². The van der Waals surface area contributed by atoms with Gasteiger partial charge in [-0.05, 0) is 24.3 Å². The molecule has 88 valence electrons. The molecule has 0 aliphatic heterocycles. The van der Waals surface area contributed by atoms with Gasteiger partial charge in [0.2, 0.25) is 0 Å². The molecule has 0 aliphatic carbocycles. The van der Waals surface area contributed by atoms with Crippen molar-refractivity contribution in [2.75, 3.05) is 0 Å². The van der Waals surface area contributed by atoms with Gasteiger partial charge in [0.05, 0.1) is 16.8 Å². The first-order valence-corrected chi connectivity index (χ1v) is 5.65. The first-order valence-electron chi connectivity index (χ1n) is 5.27. The number of hydrazine groups is 1. The van der Waals surface area contributed by atoms with Gasteiger partial charge in [-0.15, -0.1) is 0 Å². The molecule has 0 fully saturated rings. The quantitative estimate of drug-likeness (QED) is 0.641. The Morgan fingerprint density at radius 3 is 2.65 bits per heavy atom. The molecule has 1 atom stereocenters. The molecular weight excluding hydrogens is 236 g/mol. The number of pyridine rings is 2. The fourth-order valence-electron chi connectivity index (χ4n) is 1.62. The van der Waals surface area contributed by atoms with Crippen LogP contribution in [0.4, 0.5) is 0 Å². The largest absolute Gasteiger partial charge is 0.271 e. The predicted molar refractivity (Wildman–Crippen MR) is 67.3 cm³/mol. The van der Waals surface area contributed by atoms with E-state index in [1.807, 2.05) is 18.2 Å². The van der Waals surface area contributed by atoms with Crippen molar-refractivity contribution < 1.29 is 0 Å². The number of rotatable bonds is 4. The standard InChI is InChI=1S/C12H13ClN4/c13-10-5-3-7-16-12(10)11(17-14)8-9-4-1-2-6-15-9/h1-7,11,17H,8,14H2. The second-order valence-corrected chi connectivity index (χ2v) is 4.02. The van der Waals surface area contributed by atoms with Gasteiger partial charge in [-0.25, -0.2) is 0 Å². The van der Waals surface area contributed by atoms with Crippen LogP contribution in [-0.2, 0) is 6.42 Å². The first kappa shape index (κ1) is 12.0. The van der Waals surface area contributed by atoms with Gasteiger partial charge in [0.15, 0.2) is 0 Å². The maximum Gasteiger partial charge on any atom is 0.0776 e. The molecule has 0 saturated heterocycles. The highest BCUT2D eigenvalue weighted by Gasteiger charge is 2.15. The summed E-state index contributed by atoms with van der Waals surface area (Å²) >= 11 is 6.09. The average molecular weight is 249 g/mol. The highest BCUT2D eigenvalue weighted by molar-refractivity contribution is 6.31. The second kappa shape index (κ2) is 5.72. The number of nitrogens with two attached hydrogens (primary N) is 1. The lowest BCUT2D eigenvalue weighted by atomic mass is 10.1. The Morgan fingerprint density at radius 1 is 1.18 bits per heavy atom. The van der Waals surface area contributed by atoms with Crippen molar-refractivity contribution in [3.8, 4) is 0 Å². The van der Waals surface area contributed by atoms with Gasteiger partial charge in [0, 0.05) is 24.5 Å². The molecule has 2 aromatic rings. The number of hydrogen-bond donors (Lipinski definition) is 2. The highest BCUT2D eigenvalue weighted by Crippen LogP contribution is 2.22. The summed E-state index contributed by atoms with van der Waals surface area (Å²) in [5, 5.41) is 0.603. The summed E-state index contributed by atoms with van der Waals surface area (Å²) in [6, 6.07) is 9.21. The topological polar surface area (TPSA) is 63.8 Å². The summed E-state index contributed by atoms with van der Waals surface area (Å²) in [6.45, 7) is 0. The monoisotopic (exact) mass is 248 g/mol. The molecule has 0 saturated carbocycles. The van der Waals surface area contributed by atoms with Crippen molar-refractivity contribution in [3.63, 3.8) is 0 Å². The van der Waals surface area contributed by atoms with E-state index >= 15 is 0 Å². The number of nitrogens with zero attached hydrogens (tertiary/aromatic N) is 2. The number of aromatic nitrogens is 2. The summed E-state index contributed by atoms with van der Waals surface area (Å²) in [6.07, 6.45) is 4.10. The van der Waals surface area contributed by atoms with Gasteiger partial charge in [-0.1, -0.05) is 17.7 Å². The van der Waals surface area contributed by atoms with Crippen molar-refractivity contribution in [2.45, 2.75) is 12.5 Å². The normalized spacial score (nSPS) is 12.4. The van der Waals surface area contributed by atoms with Gasteiger partial charge in [-0.2, -0.15) is 0 Å². The van der Waals surface area contributed by atoms with E-state index in [9.17, 15) is 0 Å². The van der Waals surface area contributed by atoms with Crippen LogP contribution in [0.1, 0.15) is 17.4 Å². The van der Waals surface area contributed by atoms with Crippen LogP contribution >= 0.6 is 11.6 Å². The zero-order valence-corrected chi connectivity index (χ0v) is 9.93. The molecule has 2 rings (SSSR count). The van der Waals surface area contributed by atoms with E-state index in [1.165, 1.54) is 0 Å². The summed E-state index contributed by atoms with van der Waals surface area (Å²) in [5.41, 5.74) is 4.40. The summed E-state index contributed by atoms with van der Waals surface area (Å²) < 4.78 is 0. The zero-order chi connectivity index (χ0) is 12.1. The van der Waals surface area contributed by atoms with Crippen molar-refractivity contribution in [1.29, 1.82) is 0 Å². The van der Waals surface area contributed by atoms with Crippen molar-refractivity contribution >= 4 is 11.6 Å². The van der Waals surface area contributed by atoms with E-state index in [-0.39, 0.29) is 6.04 Å². The van der Waals surface area contributed by atoms with Crippen LogP contribution in [0.3, 0.4) is 0 Å². The fourth-order valence-corrected chi connectivity index (χ4v) is 1.87. The maximum absolute atomic E-state index is 6.09. The Hall–Kier alpha value is -1.49. The van der Waals surface area contributed by atoms with Crippen LogP contribution in [0.5, 0.6) is 0 Å². The Morgan fingerprint density at radius 2 is 2.00 bits per heavy atom. The number of halogens is 1. The third-order valence-corrected chi connectivity index (χ3v) is 2.78. The van der Waals surface area contributed by atoms with E-state index < -0.39 is 0 Å².